The molecule has 0 unspecified atom stereocenters. The zero-order chi connectivity index (χ0) is 20.2. The van der Waals surface area contributed by atoms with Crippen LogP contribution in [0.3, 0.4) is 0 Å². The highest BCUT2D eigenvalue weighted by Gasteiger charge is 2.29. The Morgan fingerprint density at radius 1 is 1.15 bits per heavy atom. The molecule has 0 radical (unpaired) electrons. The number of aromatic carboxylic acids is 1. The van der Waals surface area contributed by atoms with E-state index in [0.717, 1.165) is 16.5 Å². The minimum absolute atomic E-state index is 0.0308. The standard InChI is InChI=1S/C19H20N2O6/c1-19(2,3)27-18(24)20(12-13-7-5-4-6-8-13)15-10-9-14(17(22)23)11-16(15)21(25)26/h4-11H,12H2,1-3H3,(H,22,23). The van der Waals surface area contributed by atoms with Crippen LogP contribution in [-0.4, -0.2) is 27.7 Å². The highest BCUT2D eigenvalue weighted by Crippen LogP contribution is 2.32. The first kappa shape index (κ1) is 19.9. The van der Waals surface area contributed by atoms with Gasteiger partial charge in [0.15, 0.2) is 0 Å². The summed E-state index contributed by atoms with van der Waals surface area (Å²) in [5, 5.41) is 20.6. The highest BCUT2D eigenvalue weighted by molar-refractivity contribution is 5.94. The third-order valence-electron chi connectivity index (χ3n) is 3.51. The summed E-state index contributed by atoms with van der Waals surface area (Å²) < 4.78 is 5.39. The van der Waals surface area contributed by atoms with Crippen LogP contribution in [0, 0.1) is 10.1 Å². The van der Waals surface area contributed by atoms with Gasteiger partial charge in [-0.25, -0.2) is 9.59 Å². The van der Waals surface area contributed by atoms with Crippen molar-refractivity contribution < 1.29 is 24.4 Å². The lowest BCUT2D eigenvalue weighted by Crippen LogP contribution is -2.36. The van der Waals surface area contributed by atoms with Crippen molar-refractivity contribution in [3.8, 4) is 0 Å². The van der Waals surface area contributed by atoms with Gasteiger partial charge in [0, 0.05) is 6.07 Å². The Balaban J connectivity index is 2.53. The molecule has 0 heterocycles. The molecule has 0 aliphatic rings. The lowest BCUT2D eigenvalue weighted by molar-refractivity contribution is -0.384. The van der Waals surface area contributed by atoms with E-state index in [4.69, 9.17) is 9.84 Å². The lowest BCUT2D eigenvalue weighted by atomic mass is 10.1. The van der Waals surface area contributed by atoms with Crippen molar-refractivity contribution in [2.24, 2.45) is 0 Å². The number of rotatable bonds is 5. The first-order chi connectivity index (χ1) is 12.6. The van der Waals surface area contributed by atoms with E-state index in [-0.39, 0.29) is 17.8 Å². The van der Waals surface area contributed by atoms with E-state index in [2.05, 4.69) is 0 Å². The van der Waals surface area contributed by atoms with Gasteiger partial charge in [0.1, 0.15) is 11.3 Å². The molecule has 0 atom stereocenters. The van der Waals surface area contributed by atoms with E-state index < -0.39 is 28.3 Å². The average Bonchev–Trinajstić information content (AvgIpc) is 2.58. The third kappa shape index (κ3) is 5.27. The van der Waals surface area contributed by atoms with Crippen molar-refractivity contribution in [2.75, 3.05) is 4.90 Å². The first-order valence-electron chi connectivity index (χ1n) is 8.14. The molecule has 142 valence electrons. The summed E-state index contributed by atoms with van der Waals surface area (Å²) in [7, 11) is 0. The molecule has 2 aromatic rings. The second kappa shape index (κ2) is 7.86. The van der Waals surface area contributed by atoms with Crippen molar-refractivity contribution in [1.82, 2.24) is 0 Å². The molecule has 0 aromatic heterocycles. The first-order valence-corrected chi connectivity index (χ1v) is 8.14. The van der Waals surface area contributed by atoms with E-state index in [9.17, 15) is 19.7 Å². The Morgan fingerprint density at radius 3 is 2.30 bits per heavy atom. The number of carboxylic acids is 1. The second-order valence-electron chi connectivity index (χ2n) is 6.82. The van der Waals surface area contributed by atoms with Crippen molar-refractivity contribution in [3.63, 3.8) is 0 Å². The molecule has 0 aliphatic heterocycles. The number of benzene rings is 2. The Morgan fingerprint density at radius 2 is 1.78 bits per heavy atom. The Bertz CT molecular complexity index is 858. The van der Waals surface area contributed by atoms with Crippen LogP contribution in [0.15, 0.2) is 48.5 Å². The fourth-order valence-corrected chi connectivity index (χ4v) is 2.36. The molecular weight excluding hydrogens is 352 g/mol. The quantitative estimate of drug-likeness (QED) is 0.621. The molecule has 1 N–H and O–H groups in total. The number of anilines is 1. The maximum Gasteiger partial charge on any atom is 0.415 e. The predicted octanol–water partition coefficient (Wildman–Crippen LogP) is 4.23. The second-order valence-corrected chi connectivity index (χ2v) is 6.82. The number of nitro benzene ring substituents is 1. The highest BCUT2D eigenvalue weighted by atomic mass is 16.6. The summed E-state index contributed by atoms with van der Waals surface area (Å²) in [5.74, 6) is -1.29. The topological polar surface area (TPSA) is 110 Å². The van der Waals surface area contributed by atoms with Gasteiger partial charge in [-0.2, -0.15) is 0 Å². The van der Waals surface area contributed by atoms with Crippen LogP contribution >= 0.6 is 0 Å². The summed E-state index contributed by atoms with van der Waals surface area (Å²) in [5.41, 5.74) is -0.837. The molecule has 2 aromatic carbocycles. The summed E-state index contributed by atoms with van der Waals surface area (Å²) in [6.07, 6.45) is -0.766. The zero-order valence-corrected chi connectivity index (χ0v) is 15.2. The van der Waals surface area contributed by atoms with Gasteiger partial charge in [0.05, 0.1) is 17.0 Å². The van der Waals surface area contributed by atoms with E-state index in [1.165, 1.54) is 12.1 Å². The molecule has 0 fully saturated rings. The van der Waals surface area contributed by atoms with Crippen LogP contribution in [0.1, 0.15) is 36.7 Å². The van der Waals surface area contributed by atoms with Gasteiger partial charge >= 0.3 is 12.1 Å². The van der Waals surface area contributed by atoms with Crippen LogP contribution in [0.5, 0.6) is 0 Å². The largest absolute Gasteiger partial charge is 0.478 e. The van der Waals surface area contributed by atoms with Gasteiger partial charge in [0.25, 0.3) is 5.69 Å². The van der Waals surface area contributed by atoms with E-state index in [1.807, 2.05) is 6.07 Å². The fraction of sp³-hybridized carbons (Fsp3) is 0.263. The number of ether oxygens (including phenoxy) is 1. The van der Waals surface area contributed by atoms with Crippen molar-refractivity contribution in [3.05, 3.63) is 69.8 Å². The smallest absolute Gasteiger partial charge is 0.415 e. The Kier molecular flexibility index (Phi) is 5.79. The fourth-order valence-electron chi connectivity index (χ4n) is 2.36. The lowest BCUT2D eigenvalue weighted by Gasteiger charge is -2.27. The van der Waals surface area contributed by atoms with Crippen LogP contribution < -0.4 is 4.90 Å². The molecule has 0 saturated carbocycles. The van der Waals surface area contributed by atoms with Gasteiger partial charge in [-0.15, -0.1) is 0 Å². The van der Waals surface area contributed by atoms with E-state index >= 15 is 0 Å². The molecule has 0 saturated heterocycles. The molecule has 0 bridgehead atoms. The molecule has 8 nitrogen and oxygen atoms in total. The molecule has 0 spiro atoms. The summed E-state index contributed by atoms with van der Waals surface area (Å²) in [6.45, 7) is 5.09. The molecule has 0 aliphatic carbocycles. The molecule has 2 rings (SSSR count). The minimum atomic E-state index is -1.29. The number of nitrogens with zero attached hydrogens (tertiary/aromatic N) is 2. The van der Waals surface area contributed by atoms with Crippen molar-refractivity contribution in [1.29, 1.82) is 0 Å². The molecule has 27 heavy (non-hydrogen) atoms. The van der Waals surface area contributed by atoms with Crippen LogP contribution in [0.25, 0.3) is 0 Å². The van der Waals surface area contributed by atoms with E-state index in [0.29, 0.717) is 0 Å². The zero-order valence-electron chi connectivity index (χ0n) is 15.2. The summed E-state index contributed by atoms with van der Waals surface area (Å²) >= 11 is 0. The van der Waals surface area contributed by atoms with Crippen molar-refractivity contribution >= 4 is 23.4 Å². The maximum atomic E-state index is 12.7. The third-order valence-corrected chi connectivity index (χ3v) is 3.51. The molecule has 8 heteroatoms. The predicted molar refractivity (Wildman–Crippen MR) is 98.9 cm³/mol. The number of hydrogen-bond donors (Lipinski definition) is 1. The molecule has 1 amide bonds. The minimum Gasteiger partial charge on any atom is -0.478 e. The van der Waals surface area contributed by atoms with Gasteiger partial charge in [-0.05, 0) is 38.5 Å². The number of nitro groups is 1. The maximum absolute atomic E-state index is 12.7. The molecular formula is C19H20N2O6. The van der Waals surface area contributed by atoms with Crippen LogP contribution in [-0.2, 0) is 11.3 Å². The number of carbonyl (C=O) groups is 2. The van der Waals surface area contributed by atoms with Crippen molar-refractivity contribution in [2.45, 2.75) is 32.9 Å². The average molecular weight is 372 g/mol. The SMILES string of the molecule is CC(C)(C)OC(=O)N(Cc1ccccc1)c1ccc(C(=O)O)cc1[N+](=O)[O-]. The Hall–Kier alpha value is -3.42. The van der Waals surface area contributed by atoms with Gasteiger partial charge in [0.2, 0.25) is 0 Å². The summed E-state index contributed by atoms with van der Waals surface area (Å²) in [6, 6.07) is 12.3. The number of amides is 1. The Labute approximate surface area is 156 Å². The normalized spacial score (nSPS) is 10.9. The summed E-state index contributed by atoms with van der Waals surface area (Å²) in [4.78, 5) is 35.8. The number of carbonyl (C=O) groups excluding carboxylic acids is 1. The van der Waals surface area contributed by atoms with E-state index in [1.54, 1.807) is 45.0 Å². The van der Waals surface area contributed by atoms with Gasteiger partial charge < -0.3 is 9.84 Å². The van der Waals surface area contributed by atoms with Gasteiger partial charge in [-0.1, -0.05) is 30.3 Å². The number of hydrogen-bond acceptors (Lipinski definition) is 5. The number of carboxylic acid groups (broad SMARTS) is 1. The van der Waals surface area contributed by atoms with Crippen LogP contribution in [0.4, 0.5) is 16.2 Å². The van der Waals surface area contributed by atoms with Crippen LogP contribution in [0.2, 0.25) is 0 Å². The monoisotopic (exact) mass is 372 g/mol. The van der Waals surface area contributed by atoms with Gasteiger partial charge in [-0.3, -0.25) is 15.0 Å².